The van der Waals surface area contributed by atoms with Crippen molar-refractivity contribution in [3.05, 3.63) is 0 Å². The van der Waals surface area contributed by atoms with E-state index in [0.29, 0.717) is 0 Å². The molecular weight excluding hydrogens is 144 g/mol. The van der Waals surface area contributed by atoms with Crippen LogP contribution in [0.25, 0.3) is 0 Å². The van der Waals surface area contributed by atoms with Crippen molar-refractivity contribution in [3.63, 3.8) is 0 Å². The fourth-order valence-corrected chi connectivity index (χ4v) is 1.34. The monoisotopic (exact) mass is 156 g/mol. The summed E-state index contributed by atoms with van der Waals surface area (Å²) in [7, 11) is 1.57. The zero-order chi connectivity index (χ0) is 8.43. The van der Waals surface area contributed by atoms with Gasteiger partial charge in [-0.2, -0.15) is 0 Å². The number of hydrogen-bond donors (Lipinski definition) is 2. The van der Waals surface area contributed by atoms with Crippen LogP contribution in [0.5, 0.6) is 0 Å². The lowest BCUT2D eigenvalue weighted by atomic mass is 9.73. The van der Waals surface area contributed by atoms with E-state index in [0.717, 1.165) is 12.8 Å². The minimum atomic E-state index is -0.357. The third kappa shape index (κ3) is 1.34. The van der Waals surface area contributed by atoms with Crippen molar-refractivity contribution in [1.82, 2.24) is 5.32 Å². The third-order valence-electron chi connectivity index (χ3n) is 2.22. The summed E-state index contributed by atoms with van der Waals surface area (Å²) in [4.78, 5) is 21.6. The van der Waals surface area contributed by atoms with E-state index in [1.165, 1.54) is 0 Å². The lowest BCUT2D eigenvalue weighted by molar-refractivity contribution is -0.138. The number of nitrogens with one attached hydrogen (secondary N) is 1. The Bertz CT molecular complexity index is 191. The van der Waals surface area contributed by atoms with Gasteiger partial charge in [0.25, 0.3) is 0 Å². The lowest BCUT2D eigenvalue weighted by Crippen LogP contribution is -2.45. The first-order valence-electron chi connectivity index (χ1n) is 3.67. The smallest absolute Gasteiger partial charge is 0.223 e. The van der Waals surface area contributed by atoms with Crippen LogP contribution in [-0.2, 0) is 9.59 Å². The first-order valence-corrected chi connectivity index (χ1v) is 3.67. The Morgan fingerprint density at radius 3 is 2.18 bits per heavy atom. The minimum absolute atomic E-state index is 0.0694. The van der Waals surface area contributed by atoms with Crippen LogP contribution in [-0.4, -0.2) is 18.9 Å². The van der Waals surface area contributed by atoms with E-state index in [2.05, 4.69) is 5.32 Å². The summed E-state index contributed by atoms with van der Waals surface area (Å²) in [5, 5.41) is 2.51. The standard InChI is InChI=1S/C7H12N2O2/c1-9-7(11)5-3-2-4(5)6(8)10/h4-5H,2-3H2,1H3,(H2,8,10)(H,9,11). The van der Waals surface area contributed by atoms with Crippen LogP contribution >= 0.6 is 0 Å². The second-order valence-electron chi connectivity index (χ2n) is 2.81. The Morgan fingerprint density at radius 1 is 1.36 bits per heavy atom. The lowest BCUT2D eigenvalue weighted by Gasteiger charge is -2.32. The molecule has 4 heteroatoms. The van der Waals surface area contributed by atoms with Gasteiger partial charge >= 0.3 is 0 Å². The van der Waals surface area contributed by atoms with Gasteiger partial charge in [0, 0.05) is 18.9 Å². The molecule has 0 aromatic carbocycles. The highest BCUT2D eigenvalue weighted by Gasteiger charge is 2.39. The molecule has 1 saturated carbocycles. The molecule has 0 aromatic rings. The molecule has 2 amide bonds. The first-order chi connectivity index (χ1) is 5.16. The van der Waals surface area contributed by atoms with Gasteiger partial charge in [-0.3, -0.25) is 9.59 Å². The molecule has 0 saturated heterocycles. The van der Waals surface area contributed by atoms with Crippen molar-refractivity contribution in [3.8, 4) is 0 Å². The number of rotatable bonds is 2. The highest BCUT2D eigenvalue weighted by Crippen LogP contribution is 2.33. The van der Waals surface area contributed by atoms with Crippen LogP contribution in [0.1, 0.15) is 12.8 Å². The van der Waals surface area contributed by atoms with Crippen molar-refractivity contribution in [2.45, 2.75) is 12.8 Å². The molecule has 1 rings (SSSR count). The highest BCUT2D eigenvalue weighted by atomic mass is 16.2. The third-order valence-corrected chi connectivity index (χ3v) is 2.22. The largest absolute Gasteiger partial charge is 0.369 e. The predicted molar refractivity (Wildman–Crippen MR) is 39.5 cm³/mol. The molecule has 0 spiro atoms. The van der Waals surface area contributed by atoms with Gasteiger partial charge in [-0.25, -0.2) is 0 Å². The van der Waals surface area contributed by atoms with Crippen LogP contribution < -0.4 is 11.1 Å². The maximum absolute atomic E-state index is 11.0. The molecule has 1 fully saturated rings. The number of primary amides is 1. The molecule has 0 aromatic heterocycles. The van der Waals surface area contributed by atoms with Crippen LogP contribution in [0, 0.1) is 11.8 Å². The van der Waals surface area contributed by atoms with Crippen molar-refractivity contribution >= 4 is 11.8 Å². The number of hydrogen-bond acceptors (Lipinski definition) is 2. The van der Waals surface area contributed by atoms with Gasteiger partial charge in [0.1, 0.15) is 0 Å². The SMILES string of the molecule is CNC(=O)C1CCC1C(N)=O. The molecule has 2 unspecified atom stereocenters. The Morgan fingerprint density at radius 2 is 1.91 bits per heavy atom. The molecule has 0 bridgehead atoms. The van der Waals surface area contributed by atoms with Gasteiger partial charge in [0.05, 0.1) is 0 Å². The molecule has 0 radical (unpaired) electrons. The summed E-state index contributed by atoms with van der Waals surface area (Å²) in [6.07, 6.45) is 1.54. The first kappa shape index (κ1) is 8.04. The molecule has 2 atom stereocenters. The van der Waals surface area contributed by atoms with Gasteiger partial charge in [-0.1, -0.05) is 0 Å². The zero-order valence-corrected chi connectivity index (χ0v) is 6.46. The summed E-state index contributed by atoms with van der Waals surface area (Å²) in [5.74, 6) is -0.822. The van der Waals surface area contributed by atoms with Crippen molar-refractivity contribution in [2.75, 3.05) is 7.05 Å². The predicted octanol–water partition coefficient (Wildman–Crippen LogP) is -0.756. The Labute approximate surface area is 65.1 Å². The van der Waals surface area contributed by atoms with Gasteiger partial charge in [0.2, 0.25) is 11.8 Å². The van der Waals surface area contributed by atoms with Gasteiger partial charge in [0.15, 0.2) is 0 Å². The molecule has 1 aliphatic carbocycles. The van der Waals surface area contributed by atoms with E-state index in [9.17, 15) is 9.59 Å². The minimum Gasteiger partial charge on any atom is -0.369 e. The maximum Gasteiger partial charge on any atom is 0.223 e. The van der Waals surface area contributed by atoms with Crippen LogP contribution in [0.2, 0.25) is 0 Å². The van der Waals surface area contributed by atoms with E-state index in [4.69, 9.17) is 5.73 Å². The van der Waals surface area contributed by atoms with Crippen LogP contribution in [0.3, 0.4) is 0 Å². The molecule has 0 aliphatic heterocycles. The van der Waals surface area contributed by atoms with Crippen LogP contribution in [0.4, 0.5) is 0 Å². The van der Waals surface area contributed by atoms with E-state index in [1.54, 1.807) is 7.05 Å². The second-order valence-corrected chi connectivity index (χ2v) is 2.81. The molecule has 1 aliphatic rings. The fourth-order valence-electron chi connectivity index (χ4n) is 1.34. The average Bonchev–Trinajstić information content (AvgIpc) is 1.83. The van der Waals surface area contributed by atoms with Gasteiger partial charge in [-0.05, 0) is 12.8 Å². The summed E-state index contributed by atoms with van der Waals surface area (Å²) in [5.41, 5.74) is 5.06. The van der Waals surface area contributed by atoms with Crippen molar-refractivity contribution in [2.24, 2.45) is 17.6 Å². The topological polar surface area (TPSA) is 72.2 Å². The fraction of sp³-hybridized carbons (Fsp3) is 0.714. The van der Waals surface area contributed by atoms with Crippen molar-refractivity contribution in [1.29, 1.82) is 0 Å². The van der Waals surface area contributed by atoms with E-state index in [1.807, 2.05) is 0 Å². The Balaban J connectivity index is 2.49. The molecule has 4 nitrogen and oxygen atoms in total. The Kier molecular flexibility index (Phi) is 2.12. The summed E-state index contributed by atoms with van der Waals surface area (Å²) in [6, 6.07) is 0. The van der Waals surface area contributed by atoms with E-state index >= 15 is 0 Å². The average molecular weight is 156 g/mol. The highest BCUT2D eigenvalue weighted by molar-refractivity contribution is 5.88. The number of amides is 2. The van der Waals surface area contributed by atoms with Gasteiger partial charge < -0.3 is 11.1 Å². The number of nitrogens with two attached hydrogens (primary N) is 1. The number of carbonyl (C=O) groups is 2. The van der Waals surface area contributed by atoms with E-state index < -0.39 is 0 Å². The molecule has 0 heterocycles. The molecule has 3 N–H and O–H groups in total. The maximum atomic E-state index is 11.0. The Hall–Kier alpha value is -1.06. The number of carbonyl (C=O) groups excluding carboxylic acids is 2. The quantitative estimate of drug-likeness (QED) is 0.551. The van der Waals surface area contributed by atoms with E-state index in [-0.39, 0.29) is 23.7 Å². The molecule has 11 heavy (non-hydrogen) atoms. The van der Waals surface area contributed by atoms with Crippen molar-refractivity contribution < 1.29 is 9.59 Å². The molecule has 62 valence electrons. The summed E-state index contributed by atoms with van der Waals surface area (Å²) < 4.78 is 0. The van der Waals surface area contributed by atoms with Crippen LogP contribution in [0.15, 0.2) is 0 Å². The summed E-state index contributed by atoms with van der Waals surface area (Å²) >= 11 is 0. The summed E-state index contributed by atoms with van der Waals surface area (Å²) in [6.45, 7) is 0. The molecular formula is C7H12N2O2. The zero-order valence-electron chi connectivity index (χ0n) is 6.46. The second kappa shape index (κ2) is 2.90. The normalized spacial score (nSPS) is 28.8. The van der Waals surface area contributed by atoms with Gasteiger partial charge in [-0.15, -0.1) is 0 Å².